The first-order valence-corrected chi connectivity index (χ1v) is 7.71. The van der Waals surface area contributed by atoms with Gasteiger partial charge >= 0.3 is 0 Å². The molecular weight excluding hydrogens is 351 g/mol. The van der Waals surface area contributed by atoms with Crippen LogP contribution in [0.1, 0.15) is 24.1 Å². The second-order valence-corrected chi connectivity index (χ2v) is 6.35. The van der Waals surface area contributed by atoms with Crippen LogP contribution in [0.2, 0.25) is 0 Å². The van der Waals surface area contributed by atoms with Crippen molar-refractivity contribution in [2.75, 3.05) is 6.54 Å². The van der Waals surface area contributed by atoms with E-state index in [4.69, 9.17) is 0 Å². The van der Waals surface area contributed by atoms with Crippen molar-refractivity contribution in [2.45, 2.75) is 25.9 Å². The van der Waals surface area contributed by atoms with Crippen LogP contribution in [-0.2, 0) is 13.1 Å². The number of nitrogens with one attached hydrogen (secondary N) is 1. The van der Waals surface area contributed by atoms with Crippen molar-refractivity contribution in [1.82, 2.24) is 20.3 Å². The van der Waals surface area contributed by atoms with Gasteiger partial charge in [-0.3, -0.25) is 0 Å². The third-order valence-corrected chi connectivity index (χ3v) is 4.00. The summed E-state index contributed by atoms with van der Waals surface area (Å²) in [5, 5.41) is 11.8. The number of benzene rings is 1. The fourth-order valence-electron chi connectivity index (χ4n) is 2.00. The Balaban J connectivity index is 1.53. The zero-order valence-electron chi connectivity index (χ0n) is 10.7. The normalized spacial score (nSPS) is 14.8. The predicted octanol–water partition coefficient (Wildman–Crippen LogP) is 2.43. The second kappa shape index (κ2) is 6.00. The summed E-state index contributed by atoms with van der Waals surface area (Å²) < 4.78 is 3.15. The van der Waals surface area contributed by atoms with Gasteiger partial charge in [0.05, 0.1) is 18.4 Å². The largest absolute Gasteiger partial charge is 0.311 e. The van der Waals surface area contributed by atoms with E-state index in [1.807, 2.05) is 10.9 Å². The lowest BCUT2D eigenvalue weighted by Crippen LogP contribution is -2.16. The monoisotopic (exact) mass is 368 g/mol. The molecule has 1 N–H and O–H groups in total. The molecule has 0 amide bonds. The lowest BCUT2D eigenvalue weighted by atomic mass is 10.2. The van der Waals surface area contributed by atoms with Gasteiger partial charge in [0.25, 0.3) is 0 Å². The molecular formula is C14H17IN4. The summed E-state index contributed by atoms with van der Waals surface area (Å²) in [5.74, 6) is 0.904. The van der Waals surface area contributed by atoms with Crippen LogP contribution < -0.4 is 5.32 Å². The van der Waals surface area contributed by atoms with Crippen molar-refractivity contribution in [2.24, 2.45) is 5.92 Å². The molecule has 1 aliphatic carbocycles. The number of hydrogen-bond donors (Lipinski definition) is 1. The standard InChI is InChI=1S/C14H17IN4/c15-13-5-3-12(4-6-13)9-19-10-14(17-18-19)8-16-7-11-1-2-11/h3-6,10-11,16H,1-2,7-9H2. The zero-order valence-corrected chi connectivity index (χ0v) is 12.9. The van der Waals surface area contributed by atoms with Crippen molar-refractivity contribution in [3.05, 3.63) is 45.3 Å². The Hall–Kier alpha value is -0.950. The fourth-order valence-corrected chi connectivity index (χ4v) is 2.36. The van der Waals surface area contributed by atoms with E-state index in [9.17, 15) is 0 Å². The first kappa shape index (κ1) is 13.1. The summed E-state index contributed by atoms with van der Waals surface area (Å²) in [6, 6.07) is 8.50. The van der Waals surface area contributed by atoms with Crippen LogP contribution in [0.3, 0.4) is 0 Å². The highest BCUT2D eigenvalue weighted by Gasteiger charge is 2.20. The van der Waals surface area contributed by atoms with Crippen molar-refractivity contribution in [3.63, 3.8) is 0 Å². The highest BCUT2D eigenvalue weighted by molar-refractivity contribution is 14.1. The average Bonchev–Trinajstić information content (AvgIpc) is 3.12. The summed E-state index contributed by atoms with van der Waals surface area (Å²) >= 11 is 2.31. The third-order valence-electron chi connectivity index (χ3n) is 3.28. The highest BCUT2D eigenvalue weighted by Crippen LogP contribution is 2.27. The van der Waals surface area contributed by atoms with E-state index in [0.717, 1.165) is 31.2 Å². The molecule has 1 aromatic heterocycles. The van der Waals surface area contributed by atoms with Gasteiger partial charge in [-0.05, 0) is 65.6 Å². The Morgan fingerprint density at radius 3 is 2.79 bits per heavy atom. The van der Waals surface area contributed by atoms with Gasteiger partial charge in [-0.1, -0.05) is 17.3 Å². The molecule has 0 aliphatic heterocycles. The van der Waals surface area contributed by atoms with Crippen molar-refractivity contribution >= 4 is 22.6 Å². The molecule has 100 valence electrons. The van der Waals surface area contributed by atoms with E-state index in [2.05, 4.69) is 62.5 Å². The van der Waals surface area contributed by atoms with Crippen LogP contribution in [0.4, 0.5) is 0 Å². The molecule has 1 saturated carbocycles. The van der Waals surface area contributed by atoms with Gasteiger partial charge in [0.2, 0.25) is 0 Å². The van der Waals surface area contributed by atoms with Crippen LogP contribution in [0.25, 0.3) is 0 Å². The summed E-state index contributed by atoms with van der Waals surface area (Å²) in [5.41, 5.74) is 2.27. The van der Waals surface area contributed by atoms with E-state index in [1.165, 1.54) is 22.0 Å². The van der Waals surface area contributed by atoms with E-state index in [1.54, 1.807) is 0 Å². The smallest absolute Gasteiger partial charge is 0.0964 e. The predicted molar refractivity (Wildman–Crippen MR) is 82.7 cm³/mol. The molecule has 3 rings (SSSR count). The van der Waals surface area contributed by atoms with Crippen molar-refractivity contribution in [3.8, 4) is 0 Å². The molecule has 0 atom stereocenters. The minimum atomic E-state index is 0.784. The van der Waals surface area contributed by atoms with E-state index < -0.39 is 0 Å². The average molecular weight is 368 g/mol. The van der Waals surface area contributed by atoms with E-state index in [0.29, 0.717) is 0 Å². The number of aromatic nitrogens is 3. The summed E-state index contributed by atoms with van der Waals surface area (Å²) in [7, 11) is 0. The molecule has 1 heterocycles. The second-order valence-electron chi connectivity index (χ2n) is 5.11. The minimum absolute atomic E-state index is 0.784. The quantitative estimate of drug-likeness (QED) is 0.797. The molecule has 0 unspecified atom stereocenters. The fraction of sp³-hybridized carbons (Fsp3) is 0.429. The first-order valence-electron chi connectivity index (χ1n) is 6.64. The minimum Gasteiger partial charge on any atom is -0.311 e. The molecule has 1 aromatic carbocycles. The lowest BCUT2D eigenvalue weighted by Gasteiger charge is -2.01. The Labute approximate surface area is 126 Å². The van der Waals surface area contributed by atoms with Gasteiger partial charge in [-0.25, -0.2) is 4.68 Å². The molecule has 1 fully saturated rings. The van der Waals surface area contributed by atoms with E-state index >= 15 is 0 Å². The van der Waals surface area contributed by atoms with Gasteiger partial charge in [-0.15, -0.1) is 5.10 Å². The first-order chi connectivity index (χ1) is 9.29. The molecule has 1 aliphatic rings. The molecule has 4 nitrogen and oxygen atoms in total. The van der Waals surface area contributed by atoms with Gasteiger partial charge in [0.1, 0.15) is 0 Å². The summed E-state index contributed by atoms with van der Waals surface area (Å²) in [6.45, 7) is 2.72. The van der Waals surface area contributed by atoms with Gasteiger partial charge < -0.3 is 5.32 Å². The van der Waals surface area contributed by atoms with Gasteiger partial charge in [0.15, 0.2) is 0 Å². The van der Waals surface area contributed by atoms with Crippen LogP contribution >= 0.6 is 22.6 Å². The Morgan fingerprint density at radius 2 is 2.05 bits per heavy atom. The number of rotatable bonds is 6. The van der Waals surface area contributed by atoms with Crippen LogP contribution in [0, 0.1) is 9.49 Å². The van der Waals surface area contributed by atoms with Crippen LogP contribution in [0.5, 0.6) is 0 Å². The maximum Gasteiger partial charge on any atom is 0.0964 e. The third kappa shape index (κ3) is 4.01. The number of hydrogen-bond acceptors (Lipinski definition) is 3. The van der Waals surface area contributed by atoms with Crippen LogP contribution in [-0.4, -0.2) is 21.5 Å². The Kier molecular flexibility index (Phi) is 4.12. The molecule has 5 heteroatoms. The van der Waals surface area contributed by atoms with Gasteiger partial charge in [0, 0.05) is 10.1 Å². The molecule has 0 radical (unpaired) electrons. The topological polar surface area (TPSA) is 42.7 Å². The SMILES string of the molecule is Ic1ccc(Cn2cc(CNCC3CC3)nn2)cc1. The summed E-state index contributed by atoms with van der Waals surface area (Å²) in [6.07, 6.45) is 4.79. The Bertz CT molecular complexity index is 531. The highest BCUT2D eigenvalue weighted by atomic mass is 127. The van der Waals surface area contributed by atoms with Crippen LogP contribution in [0.15, 0.2) is 30.5 Å². The van der Waals surface area contributed by atoms with E-state index in [-0.39, 0.29) is 0 Å². The lowest BCUT2D eigenvalue weighted by molar-refractivity contribution is 0.627. The molecule has 0 spiro atoms. The number of halogens is 1. The molecule has 0 bridgehead atoms. The van der Waals surface area contributed by atoms with Gasteiger partial charge in [-0.2, -0.15) is 0 Å². The van der Waals surface area contributed by atoms with Crippen molar-refractivity contribution in [1.29, 1.82) is 0 Å². The maximum atomic E-state index is 4.20. The number of nitrogens with zero attached hydrogens (tertiary/aromatic N) is 3. The molecule has 0 saturated heterocycles. The Morgan fingerprint density at radius 1 is 1.26 bits per heavy atom. The maximum absolute atomic E-state index is 4.20. The molecule has 2 aromatic rings. The zero-order chi connectivity index (χ0) is 13.1. The summed E-state index contributed by atoms with van der Waals surface area (Å²) in [4.78, 5) is 0. The van der Waals surface area contributed by atoms with Crippen molar-refractivity contribution < 1.29 is 0 Å². The molecule has 19 heavy (non-hydrogen) atoms.